The number of amides is 2. The van der Waals surface area contributed by atoms with E-state index in [4.69, 9.17) is 0 Å². The lowest BCUT2D eigenvalue weighted by Gasteiger charge is -2.31. The molecule has 0 spiro atoms. The number of nitrogens with one attached hydrogen (secondary N) is 1. The standard InChI is InChI=1S/C18H18N4OS/c23-18(22-10-7-13-3-1-2-4-15(13)11-22)21-17-20-16(12-24-17)14-5-8-19-9-6-14/h1,3,5-6,8-9,12H,2,4,7,10-11H2,(H,20,21,23). The van der Waals surface area contributed by atoms with Gasteiger partial charge in [0.1, 0.15) is 0 Å². The normalized spacial score (nSPS) is 16.9. The highest BCUT2D eigenvalue weighted by atomic mass is 32.1. The van der Waals surface area contributed by atoms with Crippen molar-refractivity contribution in [3.8, 4) is 11.3 Å². The van der Waals surface area contributed by atoms with E-state index in [-0.39, 0.29) is 6.03 Å². The van der Waals surface area contributed by atoms with Gasteiger partial charge in [-0.1, -0.05) is 12.2 Å². The predicted molar refractivity (Wildman–Crippen MR) is 96.0 cm³/mol. The molecule has 0 unspecified atom stereocenters. The van der Waals surface area contributed by atoms with Gasteiger partial charge in [-0.3, -0.25) is 10.3 Å². The van der Waals surface area contributed by atoms with Crippen LogP contribution in [0.1, 0.15) is 19.3 Å². The maximum absolute atomic E-state index is 12.5. The molecule has 0 atom stereocenters. The van der Waals surface area contributed by atoms with Gasteiger partial charge >= 0.3 is 6.03 Å². The molecular weight excluding hydrogens is 320 g/mol. The van der Waals surface area contributed by atoms with E-state index in [2.05, 4.69) is 27.4 Å². The monoisotopic (exact) mass is 338 g/mol. The van der Waals surface area contributed by atoms with Gasteiger partial charge in [-0.15, -0.1) is 11.3 Å². The second-order valence-electron chi connectivity index (χ2n) is 5.95. The average molecular weight is 338 g/mol. The summed E-state index contributed by atoms with van der Waals surface area (Å²) >= 11 is 1.45. The molecule has 122 valence electrons. The van der Waals surface area contributed by atoms with Crippen molar-refractivity contribution in [2.75, 3.05) is 18.4 Å². The Morgan fingerprint density at radius 2 is 2.12 bits per heavy atom. The van der Waals surface area contributed by atoms with Gasteiger partial charge in [0.2, 0.25) is 0 Å². The smallest absolute Gasteiger partial charge is 0.320 e. The zero-order valence-corrected chi connectivity index (χ0v) is 14.1. The average Bonchev–Trinajstić information content (AvgIpc) is 3.10. The number of thiazole rings is 1. The molecule has 1 aliphatic heterocycles. The number of allylic oxidation sites excluding steroid dienone is 2. The van der Waals surface area contributed by atoms with E-state index in [0.717, 1.165) is 43.6 Å². The number of rotatable bonds is 2. The molecule has 4 rings (SSSR count). The fourth-order valence-electron chi connectivity index (χ4n) is 3.10. The number of carbonyl (C=O) groups is 1. The summed E-state index contributed by atoms with van der Waals surface area (Å²) in [4.78, 5) is 22.9. The predicted octanol–water partition coefficient (Wildman–Crippen LogP) is 4.09. The minimum atomic E-state index is -0.0632. The second kappa shape index (κ2) is 6.57. The summed E-state index contributed by atoms with van der Waals surface area (Å²) in [6.07, 6.45) is 11.0. The van der Waals surface area contributed by atoms with Crippen molar-refractivity contribution < 1.29 is 4.79 Å². The highest BCUT2D eigenvalue weighted by molar-refractivity contribution is 7.14. The van der Waals surface area contributed by atoms with Crippen LogP contribution in [-0.2, 0) is 0 Å². The lowest BCUT2D eigenvalue weighted by atomic mass is 9.92. The first-order chi connectivity index (χ1) is 11.8. The molecule has 24 heavy (non-hydrogen) atoms. The van der Waals surface area contributed by atoms with E-state index in [9.17, 15) is 4.79 Å². The van der Waals surface area contributed by atoms with Crippen LogP contribution in [-0.4, -0.2) is 34.0 Å². The summed E-state index contributed by atoms with van der Waals surface area (Å²) < 4.78 is 0. The molecule has 5 nitrogen and oxygen atoms in total. The molecule has 2 aromatic rings. The van der Waals surface area contributed by atoms with Crippen molar-refractivity contribution in [3.05, 3.63) is 53.2 Å². The Morgan fingerprint density at radius 1 is 1.25 bits per heavy atom. The first-order valence-electron chi connectivity index (χ1n) is 8.09. The van der Waals surface area contributed by atoms with Gasteiger partial charge in [-0.05, 0) is 42.5 Å². The van der Waals surface area contributed by atoms with Crippen molar-refractivity contribution in [1.82, 2.24) is 14.9 Å². The molecule has 2 aliphatic rings. The third kappa shape index (κ3) is 3.10. The maximum atomic E-state index is 12.5. The van der Waals surface area contributed by atoms with E-state index < -0.39 is 0 Å². The van der Waals surface area contributed by atoms with Crippen LogP contribution in [0.5, 0.6) is 0 Å². The van der Waals surface area contributed by atoms with Gasteiger partial charge < -0.3 is 4.90 Å². The fraction of sp³-hybridized carbons (Fsp3) is 0.278. The molecule has 0 saturated heterocycles. The molecule has 0 fully saturated rings. The number of pyridine rings is 1. The highest BCUT2D eigenvalue weighted by Gasteiger charge is 2.23. The Labute approximate surface area is 144 Å². The van der Waals surface area contributed by atoms with Gasteiger partial charge in [0.05, 0.1) is 5.69 Å². The SMILES string of the molecule is O=C(Nc1nc(-c2ccncc2)cs1)N1CCC2=C(CCC=C2)C1. The number of hydrogen-bond acceptors (Lipinski definition) is 4. The van der Waals surface area contributed by atoms with Crippen molar-refractivity contribution in [1.29, 1.82) is 0 Å². The zero-order chi connectivity index (χ0) is 16.4. The lowest BCUT2D eigenvalue weighted by Crippen LogP contribution is -2.40. The molecule has 0 bridgehead atoms. The van der Waals surface area contributed by atoms with Gasteiger partial charge in [0, 0.05) is 36.4 Å². The van der Waals surface area contributed by atoms with Gasteiger partial charge in [-0.2, -0.15) is 0 Å². The number of urea groups is 1. The van der Waals surface area contributed by atoms with Crippen LogP contribution in [0, 0.1) is 0 Å². The zero-order valence-electron chi connectivity index (χ0n) is 13.2. The molecule has 2 amide bonds. The second-order valence-corrected chi connectivity index (χ2v) is 6.80. The van der Waals surface area contributed by atoms with Crippen molar-refractivity contribution in [2.45, 2.75) is 19.3 Å². The van der Waals surface area contributed by atoms with Crippen LogP contribution in [0.3, 0.4) is 0 Å². The number of anilines is 1. The third-order valence-electron chi connectivity index (χ3n) is 4.40. The number of aromatic nitrogens is 2. The van der Waals surface area contributed by atoms with Crippen LogP contribution in [0.15, 0.2) is 53.2 Å². The molecule has 0 aromatic carbocycles. The first kappa shape index (κ1) is 15.1. The summed E-state index contributed by atoms with van der Waals surface area (Å²) in [6, 6.07) is 3.76. The van der Waals surface area contributed by atoms with Gasteiger partial charge in [0.15, 0.2) is 5.13 Å². The molecule has 1 N–H and O–H groups in total. The van der Waals surface area contributed by atoms with Crippen LogP contribution in [0.25, 0.3) is 11.3 Å². The highest BCUT2D eigenvalue weighted by Crippen LogP contribution is 2.28. The molecule has 0 radical (unpaired) electrons. The Morgan fingerprint density at radius 3 is 3.00 bits per heavy atom. The van der Waals surface area contributed by atoms with E-state index in [1.807, 2.05) is 22.4 Å². The van der Waals surface area contributed by atoms with Crippen LogP contribution in [0.2, 0.25) is 0 Å². The van der Waals surface area contributed by atoms with Crippen molar-refractivity contribution >= 4 is 22.5 Å². The van der Waals surface area contributed by atoms with Gasteiger partial charge in [-0.25, -0.2) is 9.78 Å². The topological polar surface area (TPSA) is 58.1 Å². The summed E-state index contributed by atoms with van der Waals surface area (Å²) in [5.74, 6) is 0. The third-order valence-corrected chi connectivity index (χ3v) is 5.16. The van der Waals surface area contributed by atoms with Crippen LogP contribution < -0.4 is 5.32 Å². The van der Waals surface area contributed by atoms with E-state index >= 15 is 0 Å². The summed E-state index contributed by atoms with van der Waals surface area (Å²) in [7, 11) is 0. The Hall–Kier alpha value is -2.47. The molecule has 3 heterocycles. The van der Waals surface area contributed by atoms with E-state index in [1.54, 1.807) is 12.4 Å². The van der Waals surface area contributed by atoms with E-state index in [1.165, 1.54) is 22.5 Å². The van der Waals surface area contributed by atoms with Crippen molar-refractivity contribution in [2.24, 2.45) is 0 Å². The quantitative estimate of drug-likeness (QED) is 0.897. The molecule has 0 saturated carbocycles. The number of carbonyl (C=O) groups excluding carboxylic acids is 1. The number of hydrogen-bond donors (Lipinski definition) is 1. The van der Waals surface area contributed by atoms with E-state index in [0.29, 0.717) is 5.13 Å². The maximum Gasteiger partial charge on any atom is 0.323 e. The summed E-state index contributed by atoms with van der Waals surface area (Å²) in [6.45, 7) is 1.49. The lowest BCUT2D eigenvalue weighted by molar-refractivity contribution is 0.213. The first-order valence-corrected chi connectivity index (χ1v) is 8.97. The Kier molecular flexibility index (Phi) is 4.13. The number of nitrogens with zero attached hydrogens (tertiary/aromatic N) is 3. The molecule has 1 aliphatic carbocycles. The molecule has 2 aromatic heterocycles. The Balaban J connectivity index is 1.43. The van der Waals surface area contributed by atoms with Crippen LogP contribution in [0.4, 0.5) is 9.93 Å². The van der Waals surface area contributed by atoms with Crippen molar-refractivity contribution in [3.63, 3.8) is 0 Å². The molecular formula is C18H18N4OS. The minimum absolute atomic E-state index is 0.0632. The summed E-state index contributed by atoms with van der Waals surface area (Å²) in [5.41, 5.74) is 4.68. The molecule has 6 heteroatoms. The van der Waals surface area contributed by atoms with Crippen LogP contribution >= 0.6 is 11.3 Å². The van der Waals surface area contributed by atoms with Gasteiger partial charge in [0.25, 0.3) is 0 Å². The fourth-order valence-corrected chi connectivity index (χ4v) is 3.81. The summed E-state index contributed by atoms with van der Waals surface area (Å²) in [5, 5.41) is 5.52. The largest absolute Gasteiger partial charge is 0.323 e. The minimum Gasteiger partial charge on any atom is -0.320 e. The Bertz CT molecular complexity index is 809.